The van der Waals surface area contributed by atoms with Crippen LogP contribution >= 0.6 is 0 Å². The maximum atomic E-state index is 13.3. The molecule has 1 fully saturated rings. The SMILES string of the molecule is COc1ccc(S(=O)(=O)N[C@H](Cc2ccccc2)C(=O)N2CCC(C(N)=O)CC2)cc1C. The van der Waals surface area contributed by atoms with Gasteiger partial charge in [0.1, 0.15) is 11.8 Å². The number of sulfonamides is 1. The molecule has 0 radical (unpaired) electrons. The second-order valence-electron chi connectivity index (χ2n) is 8.00. The van der Waals surface area contributed by atoms with Gasteiger partial charge < -0.3 is 15.4 Å². The summed E-state index contributed by atoms with van der Waals surface area (Å²) in [6.07, 6.45) is 1.16. The maximum Gasteiger partial charge on any atom is 0.241 e. The molecule has 2 amide bonds. The Labute approximate surface area is 188 Å². The summed E-state index contributed by atoms with van der Waals surface area (Å²) in [6.45, 7) is 2.48. The highest BCUT2D eigenvalue weighted by molar-refractivity contribution is 7.89. The van der Waals surface area contributed by atoms with E-state index in [1.54, 1.807) is 17.9 Å². The fourth-order valence-electron chi connectivity index (χ4n) is 3.91. The van der Waals surface area contributed by atoms with E-state index in [0.29, 0.717) is 37.2 Å². The predicted molar refractivity (Wildman–Crippen MR) is 120 cm³/mol. The number of amides is 2. The van der Waals surface area contributed by atoms with Crippen LogP contribution in [-0.2, 0) is 26.0 Å². The summed E-state index contributed by atoms with van der Waals surface area (Å²) in [5.74, 6) is -0.358. The van der Waals surface area contributed by atoms with Gasteiger partial charge in [0.25, 0.3) is 0 Å². The van der Waals surface area contributed by atoms with Gasteiger partial charge in [-0.1, -0.05) is 30.3 Å². The Hall–Kier alpha value is -2.91. The van der Waals surface area contributed by atoms with Gasteiger partial charge in [-0.15, -0.1) is 0 Å². The normalized spacial score (nSPS) is 15.9. The van der Waals surface area contributed by atoms with Gasteiger partial charge in [-0.3, -0.25) is 9.59 Å². The monoisotopic (exact) mass is 459 g/mol. The molecule has 1 atom stereocenters. The Morgan fingerprint density at radius 2 is 1.81 bits per heavy atom. The van der Waals surface area contributed by atoms with Crippen LogP contribution in [0.5, 0.6) is 5.75 Å². The van der Waals surface area contributed by atoms with Crippen molar-refractivity contribution < 1.29 is 22.7 Å². The molecule has 172 valence electrons. The minimum atomic E-state index is -3.96. The number of primary amides is 1. The van der Waals surface area contributed by atoms with Gasteiger partial charge in [0.05, 0.1) is 12.0 Å². The van der Waals surface area contributed by atoms with Gasteiger partial charge in [-0.2, -0.15) is 4.72 Å². The van der Waals surface area contributed by atoms with E-state index in [0.717, 1.165) is 5.56 Å². The van der Waals surface area contributed by atoms with Gasteiger partial charge >= 0.3 is 0 Å². The van der Waals surface area contributed by atoms with Crippen LogP contribution in [0.1, 0.15) is 24.0 Å². The Balaban J connectivity index is 1.83. The van der Waals surface area contributed by atoms with Crippen molar-refractivity contribution in [3.05, 3.63) is 59.7 Å². The summed E-state index contributed by atoms with van der Waals surface area (Å²) < 4.78 is 34.1. The second kappa shape index (κ2) is 10.1. The Morgan fingerprint density at radius 3 is 2.38 bits per heavy atom. The Kier molecular flexibility index (Phi) is 7.52. The van der Waals surface area contributed by atoms with E-state index >= 15 is 0 Å². The van der Waals surface area contributed by atoms with Crippen molar-refractivity contribution in [1.29, 1.82) is 0 Å². The number of likely N-dealkylation sites (tertiary alicyclic amines) is 1. The fraction of sp³-hybridized carbons (Fsp3) is 0.391. The molecule has 0 unspecified atom stereocenters. The van der Waals surface area contributed by atoms with Crippen LogP contribution in [0, 0.1) is 12.8 Å². The first kappa shape index (κ1) is 23.7. The molecule has 1 saturated heterocycles. The van der Waals surface area contributed by atoms with Gasteiger partial charge in [-0.25, -0.2) is 8.42 Å². The van der Waals surface area contributed by atoms with Crippen molar-refractivity contribution in [2.75, 3.05) is 20.2 Å². The number of hydrogen-bond acceptors (Lipinski definition) is 5. The number of methoxy groups -OCH3 is 1. The first-order chi connectivity index (χ1) is 15.2. The molecule has 1 aliphatic rings. The van der Waals surface area contributed by atoms with Crippen molar-refractivity contribution >= 4 is 21.8 Å². The largest absolute Gasteiger partial charge is 0.496 e. The quantitative estimate of drug-likeness (QED) is 0.622. The fourth-order valence-corrected chi connectivity index (χ4v) is 5.18. The minimum absolute atomic E-state index is 0.0640. The third kappa shape index (κ3) is 5.66. The third-order valence-electron chi connectivity index (χ3n) is 5.76. The molecule has 0 bridgehead atoms. The van der Waals surface area contributed by atoms with Crippen LogP contribution in [0.15, 0.2) is 53.4 Å². The van der Waals surface area contributed by atoms with Crippen molar-refractivity contribution in [2.45, 2.75) is 37.1 Å². The highest BCUT2D eigenvalue weighted by atomic mass is 32.2. The van der Waals surface area contributed by atoms with Crippen LogP contribution < -0.4 is 15.2 Å². The molecule has 0 aromatic heterocycles. The number of nitrogens with zero attached hydrogens (tertiary/aromatic N) is 1. The molecule has 9 heteroatoms. The molecular weight excluding hydrogens is 430 g/mol. The highest BCUT2D eigenvalue weighted by Gasteiger charge is 2.33. The molecule has 32 heavy (non-hydrogen) atoms. The molecule has 0 spiro atoms. The van der Waals surface area contributed by atoms with Gasteiger partial charge in [0, 0.05) is 19.0 Å². The minimum Gasteiger partial charge on any atom is -0.496 e. The number of hydrogen-bond donors (Lipinski definition) is 2. The number of aryl methyl sites for hydroxylation is 1. The molecule has 8 nitrogen and oxygen atoms in total. The number of piperidine rings is 1. The lowest BCUT2D eigenvalue weighted by Crippen LogP contribution is -2.52. The number of nitrogens with two attached hydrogens (primary N) is 1. The van der Waals surface area contributed by atoms with E-state index < -0.39 is 16.1 Å². The third-order valence-corrected chi connectivity index (χ3v) is 7.23. The molecule has 2 aromatic carbocycles. The van der Waals surface area contributed by atoms with E-state index in [2.05, 4.69) is 4.72 Å². The molecule has 1 aliphatic heterocycles. The topological polar surface area (TPSA) is 119 Å². The Morgan fingerprint density at radius 1 is 1.16 bits per heavy atom. The van der Waals surface area contributed by atoms with Gasteiger partial charge in [0.15, 0.2) is 0 Å². The molecule has 0 aliphatic carbocycles. The van der Waals surface area contributed by atoms with Crippen LogP contribution in [0.4, 0.5) is 0 Å². The van der Waals surface area contributed by atoms with Crippen LogP contribution in [0.2, 0.25) is 0 Å². The zero-order valence-corrected chi connectivity index (χ0v) is 19.1. The van der Waals surface area contributed by atoms with Crippen LogP contribution in [0.3, 0.4) is 0 Å². The predicted octanol–water partition coefficient (Wildman–Crippen LogP) is 1.62. The number of rotatable bonds is 8. The molecule has 2 aromatic rings. The molecule has 3 rings (SSSR count). The standard InChI is InChI=1S/C23H29N3O5S/c1-16-14-19(8-9-21(16)31-2)32(29,30)25-20(15-17-6-4-3-5-7-17)23(28)26-12-10-18(11-13-26)22(24)27/h3-9,14,18,20,25H,10-13,15H2,1-2H3,(H2,24,27)/t20-/m1/s1. The van der Waals surface area contributed by atoms with E-state index in [1.807, 2.05) is 30.3 Å². The maximum absolute atomic E-state index is 13.3. The van der Waals surface area contributed by atoms with Gasteiger partial charge in [0.2, 0.25) is 21.8 Å². The number of nitrogens with one attached hydrogen (secondary N) is 1. The zero-order valence-electron chi connectivity index (χ0n) is 18.3. The smallest absolute Gasteiger partial charge is 0.241 e. The van der Waals surface area contributed by atoms with E-state index in [4.69, 9.17) is 10.5 Å². The average molecular weight is 460 g/mol. The van der Waals surface area contributed by atoms with E-state index in [9.17, 15) is 18.0 Å². The molecule has 0 saturated carbocycles. The van der Waals surface area contributed by atoms with Crippen molar-refractivity contribution in [1.82, 2.24) is 9.62 Å². The number of ether oxygens (including phenoxy) is 1. The summed E-state index contributed by atoms with van der Waals surface area (Å²) in [5, 5.41) is 0. The average Bonchev–Trinajstić information content (AvgIpc) is 2.78. The lowest BCUT2D eigenvalue weighted by atomic mass is 9.95. The highest BCUT2D eigenvalue weighted by Crippen LogP contribution is 2.23. The summed E-state index contributed by atoms with van der Waals surface area (Å²) in [7, 11) is -2.44. The van der Waals surface area contributed by atoms with Crippen molar-refractivity contribution in [3.8, 4) is 5.75 Å². The summed E-state index contributed by atoms with van der Waals surface area (Å²) in [4.78, 5) is 26.4. The number of carbonyl (C=O) groups excluding carboxylic acids is 2. The summed E-state index contributed by atoms with van der Waals surface area (Å²) in [5.41, 5.74) is 6.90. The number of carbonyl (C=O) groups is 2. The molecule has 3 N–H and O–H groups in total. The first-order valence-electron chi connectivity index (χ1n) is 10.5. The Bertz CT molecular complexity index is 1060. The van der Waals surface area contributed by atoms with E-state index in [1.165, 1.54) is 19.2 Å². The van der Waals surface area contributed by atoms with Crippen molar-refractivity contribution in [3.63, 3.8) is 0 Å². The molecular formula is C23H29N3O5S. The zero-order chi connectivity index (χ0) is 23.3. The van der Waals surface area contributed by atoms with E-state index in [-0.39, 0.29) is 29.0 Å². The van der Waals surface area contributed by atoms with Crippen LogP contribution in [-0.4, -0.2) is 51.4 Å². The summed E-state index contributed by atoms with van der Waals surface area (Å²) >= 11 is 0. The first-order valence-corrected chi connectivity index (χ1v) is 12.0. The second-order valence-corrected chi connectivity index (χ2v) is 9.71. The lowest BCUT2D eigenvalue weighted by Gasteiger charge is -2.33. The van der Waals surface area contributed by atoms with Gasteiger partial charge in [-0.05, 0) is 55.5 Å². The number of benzene rings is 2. The van der Waals surface area contributed by atoms with Crippen molar-refractivity contribution in [2.24, 2.45) is 11.7 Å². The van der Waals surface area contributed by atoms with Crippen LogP contribution in [0.25, 0.3) is 0 Å². The lowest BCUT2D eigenvalue weighted by molar-refractivity contribution is -0.136. The molecule has 1 heterocycles. The summed E-state index contributed by atoms with van der Waals surface area (Å²) in [6, 6.07) is 12.8.